The summed E-state index contributed by atoms with van der Waals surface area (Å²) in [5.41, 5.74) is 1.11. The van der Waals surface area contributed by atoms with Crippen LogP contribution >= 0.6 is 0 Å². The summed E-state index contributed by atoms with van der Waals surface area (Å²) in [6, 6.07) is 0. The Morgan fingerprint density at radius 3 is 2.42 bits per heavy atom. The van der Waals surface area contributed by atoms with Crippen molar-refractivity contribution in [1.29, 1.82) is 0 Å². The van der Waals surface area contributed by atoms with Gasteiger partial charge in [0.05, 0.1) is 12.2 Å². The molecule has 1 aromatic heterocycles. The van der Waals surface area contributed by atoms with Gasteiger partial charge in [0.25, 0.3) is 0 Å². The molecule has 0 unspecified atom stereocenters. The predicted octanol–water partition coefficient (Wildman–Crippen LogP) is 2.00. The van der Waals surface area contributed by atoms with E-state index in [-0.39, 0.29) is 12.2 Å². The molecule has 1 aliphatic heterocycles. The highest BCUT2D eigenvalue weighted by molar-refractivity contribution is 5.58. The van der Waals surface area contributed by atoms with Gasteiger partial charge in [-0.05, 0) is 20.8 Å². The number of nitrogens with one attached hydrogen (secondary N) is 1. The van der Waals surface area contributed by atoms with Crippen molar-refractivity contribution in [3.63, 3.8) is 0 Å². The van der Waals surface area contributed by atoms with Gasteiger partial charge in [-0.2, -0.15) is 0 Å². The van der Waals surface area contributed by atoms with E-state index in [0.717, 1.165) is 42.5 Å². The third-order valence-electron chi connectivity index (χ3n) is 3.44. The van der Waals surface area contributed by atoms with Crippen LogP contribution < -0.4 is 10.2 Å². The van der Waals surface area contributed by atoms with E-state index in [2.05, 4.69) is 42.9 Å². The van der Waals surface area contributed by atoms with E-state index in [0.29, 0.717) is 0 Å². The van der Waals surface area contributed by atoms with E-state index in [9.17, 15) is 0 Å². The molecule has 2 atom stereocenters. The second-order valence-corrected chi connectivity index (χ2v) is 5.20. The summed E-state index contributed by atoms with van der Waals surface area (Å²) in [4.78, 5) is 11.5. The molecule has 1 fully saturated rings. The average molecular weight is 264 g/mol. The Labute approximate surface area is 115 Å². The van der Waals surface area contributed by atoms with Crippen molar-refractivity contribution < 1.29 is 4.74 Å². The summed E-state index contributed by atoms with van der Waals surface area (Å²) in [7, 11) is 1.91. The van der Waals surface area contributed by atoms with Gasteiger partial charge in [0.15, 0.2) is 0 Å². The first-order valence-corrected chi connectivity index (χ1v) is 7.00. The number of rotatable bonds is 3. The minimum Gasteiger partial charge on any atom is -0.373 e. The van der Waals surface area contributed by atoms with Gasteiger partial charge in [-0.1, -0.05) is 6.92 Å². The van der Waals surface area contributed by atoms with Crippen LogP contribution in [0.1, 0.15) is 32.2 Å². The number of anilines is 2. The zero-order valence-electron chi connectivity index (χ0n) is 12.5. The van der Waals surface area contributed by atoms with E-state index in [1.165, 1.54) is 0 Å². The van der Waals surface area contributed by atoms with Gasteiger partial charge in [-0.25, -0.2) is 9.97 Å². The van der Waals surface area contributed by atoms with Crippen LogP contribution in [0, 0.1) is 6.92 Å². The van der Waals surface area contributed by atoms with E-state index < -0.39 is 0 Å². The number of morpholine rings is 1. The SMILES string of the molecule is CCc1nc(NC)c(C)c(N2C[C@@H](C)O[C@@H](C)C2)n1. The molecule has 1 N–H and O–H groups in total. The van der Waals surface area contributed by atoms with Gasteiger partial charge in [-0.15, -0.1) is 0 Å². The molecule has 2 heterocycles. The van der Waals surface area contributed by atoms with Crippen LogP contribution in [0.15, 0.2) is 0 Å². The van der Waals surface area contributed by atoms with E-state index >= 15 is 0 Å². The largest absolute Gasteiger partial charge is 0.373 e. The van der Waals surface area contributed by atoms with Crippen molar-refractivity contribution in [2.75, 3.05) is 30.4 Å². The number of aryl methyl sites for hydroxylation is 1. The van der Waals surface area contributed by atoms with Gasteiger partial charge in [0.1, 0.15) is 17.5 Å². The number of ether oxygens (including phenoxy) is 1. The Kier molecular flexibility index (Phi) is 4.24. The first-order chi connectivity index (χ1) is 9.05. The topological polar surface area (TPSA) is 50.3 Å². The molecule has 106 valence electrons. The van der Waals surface area contributed by atoms with Crippen molar-refractivity contribution in [2.24, 2.45) is 0 Å². The molecule has 0 saturated carbocycles. The highest BCUT2D eigenvalue weighted by Gasteiger charge is 2.25. The van der Waals surface area contributed by atoms with Gasteiger partial charge >= 0.3 is 0 Å². The molecule has 0 aliphatic carbocycles. The molecule has 5 nitrogen and oxygen atoms in total. The van der Waals surface area contributed by atoms with Gasteiger partial charge in [-0.3, -0.25) is 0 Å². The van der Waals surface area contributed by atoms with Crippen LogP contribution in [-0.4, -0.2) is 42.3 Å². The van der Waals surface area contributed by atoms with Crippen molar-refractivity contribution in [3.05, 3.63) is 11.4 Å². The van der Waals surface area contributed by atoms with Gasteiger partial charge in [0, 0.05) is 32.1 Å². The molecule has 1 aromatic rings. The molecule has 0 aromatic carbocycles. The fourth-order valence-corrected chi connectivity index (χ4v) is 2.61. The lowest BCUT2D eigenvalue weighted by Crippen LogP contribution is -2.46. The fourth-order valence-electron chi connectivity index (χ4n) is 2.61. The molecule has 1 aliphatic rings. The molecule has 0 bridgehead atoms. The Morgan fingerprint density at radius 2 is 1.89 bits per heavy atom. The Morgan fingerprint density at radius 1 is 1.26 bits per heavy atom. The number of hydrogen-bond donors (Lipinski definition) is 1. The molecule has 5 heteroatoms. The molecule has 19 heavy (non-hydrogen) atoms. The molecule has 0 amide bonds. The van der Waals surface area contributed by atoms with E-state index in [1.54, 1.807) is 0 Å². The minimum absolute atomic E-state index is 0.237. The summed E-state index contributed by atoms with van der Waals surface area (Å²) >= 11 is 0. The fraction of sp³-hybridized carbons (Fsp3) is 0.714. The van der Waals surface area contributed by atoms with Crippen LogP contribution in [-0.2, 0) is 11.2 Å². The summed E-state index contributed by atoms with van der Waals surface area (Å²) in [6.45, 7) is 10.1. The van der Waals surface area contributed by atoms with Crippen molar-refractivity contribution in [2.45, 2.75) is 46.3 Å². The lowest BCUT2D eigenvalue weighted by atomic mass is 10.2. The zero-order valence-corrected chi connectivity index (χ0v) is 12.5. The zero-order chi connectivity index (χ0) is 14.0. The molecular weight excluding hydrogens is 240 g/mol. The normalized spacial score (nSPS) is 23.5. The summed E-state index contributed by atoms with van der Waals surface area (Å²) in [5.74, 6) is 2.85. The van der Waals surface area contributed by atoms with Crippen molar-refractivity contribution in [1.82, 2.24) is 9.97 Å². The first kappa shape index (κ1) is 14.1. The monoisotopic (exact) mass is 264 g/mol. The van der Waals surface area contributed by atoms with Gasteiger partial charge < -0.3 is 15.0 Å². The summed E-state index contributed by atoms with van der Waals surface area (Å²) < 4.78 is 5.79. The maximum Gasteiger partial charge on any atom is 0.137 e. The molecule has 0 spiro atoms. The highest BCUT2D eigenvalue weighted by Crippen LogP contribution is 2.26. The predicted molar refractivity (Wildman–Crippen MR) is 77.9 cm³/mol. The molecular formula is C14H24N4O. The third-order valence-corrected chi connectivity index (χ3v) is 3.44. The minimum atomic E-state index is 0.237. The quantitative estimate of drug-likeness (QED) is 0.905. The smallest absolute Gasteiger partial charge is 0.137 e. The number of hydrogen-bond acceptors (Lipinski definition) is 5. The second kappa shape index (κ2) is 5.74. The number of aromatic nitrogens is 2. The molecule has 2 rings (SSSR count). The molecule has 1 saturated heterocycles. The number of nitrogens with zero attached hydrogens (tertiary/aromatic N) is 3. The third kappa shape index (κ3) is 2.97. The standard InChI is InChI=1S/C14H24N4O/c1-6-12-16-13(15-5)11(4)14(17-12)18-7-9(2)19-10(3)8-18/h9-10H,6-8H2,1-5H3,(H,15,16,17)/t9-,10+. The molecule has 0 radical (unpaired) electrons. The first-order valence-electron chi connectivity index (χ1n) is 7.00. The van der Waals surface area contributed by atoms with Gasteiger partial charge in [0.2, 0.25) is 0 Å². The summed E-state index contributed by atoms with van der Waals surface area (Å²) in [5, 5.41) is 3.16. The van der Waals surface area contributed by atoms with Crippen molar-refractivity contribution in [3.8, 4) is 0 Å². The maximum absolute atomic E-state index is 5.79. The van der Waals surface area contributed by atoms with Crippen LogP contribution in [0.2, 0.25) is 0 Å². The highest BCUT2D eigenvalue weighted by atomic mass is 16.5. The Bertz CT molecular complexity index is 439. The Balaban J connectivity index is 2.37. The van der Waals surface area contributed by atoms with E-state index in [4.69, 9.17) is 9.72 Å². The van der Waals surface area contributed by atoms with Crippen LogP contribution in [0.3, 0.4) is 0 Å². The average Bonchev–Trinajstić information content (AvgIpc) is 2.37. The lowest BCUT2D eigenvalue weighted by Gasteiger charge is -2.37. The maximum atomic E-state index is 5.79. The van der Waals surface area contributed by atoms with Crippen LogP contribution in [0.5, 0.6) is 0 Å². The van der Waals surface area contributed by atoms with Crippen molar-refractivity contribution >= 4 is 11.6 Å². The summed E-state index contributed by atoms with van der Waals surface area (Å²) in [6.07, 6.45) is 1.32. The Hall–Kier alpha value is -1.36. The van der Waals surface area contributed by atoms with E-state index in [1.807, 2.05) is 7.05 Å². The van der Waals surface area contributed by atoms with Crippen LogP contribution in [0.25, 0.3) is 0 Å². The second-order valence-electron chi connectivity index (χ2n) is 5.20. The van der Waals surface area contributed by atoms with Crippen LogP contribution in [0.4, 0.5) is 11.6 Å². The lowest BCUT2D eigenvalue weighted by molar-refractivity contribution is -0.00550.